The normalized spacial score (nSPS) is 15.3. The standard InChI is InChI=1S/C15H16BrNO4/c1-15(2,14(17)18)21-13-9-6-12-11(19-7-20-12)5-8(9)3-4-10(13)16/h3-6,14,18H,7,17H2,1-2H3. The monoisotopic (exact) mass is 353 g/mol. The number of aliphatic hydroxyl groups is 1. The van der Waals surface area contributed by atoms with Crippen LogP contribution in [0.25, 0.3) is 10.8 Å². The fraction of sp³-hybridized carbons (Fsp3) is 0.333. The molecule has 2 aromatic carbocycles. The molecule has 3 rings (SSSR count). The summed E-state index contributed by atoms with van der Waals surface area (Å²) in [4.78, 5) is 0. The number of hydrogen-bond donors (Lipinski definition) is 2. The Hall–Kier alpha value is -1.50. The SMILES string of the molecule is CC(C)(Oc1c(Br)ccc2cc3c(cc12)OCO3)C(N)O. The molecule has 0 amide bonds. The average Bonchev–Trinajstić information content (AvgIpc) is 2.87. The van der Waals surface area contributed by atoms with Crippen molar-refractivity contribution in [3.63, 3.8) is 0 Å². The van der Waals surface area contributed by atoms with E-state index in [4.69, 9.17) is 19.9 Å². The molecule has 1 aliphatic heterocycles. The molecule has 0 bridgehead atoms. The largest absolute Gasteiger partial charge is 0.482 e. The van der Waals surface area contributed by atoms with Crippen LogP contribution in [0.1, 0.15) is 13.8 Å². The summed E-state index contributed by atoms with van der Waals surface area (Å²) in [5.41, 5.74) is 4.65. The second kappa shape index (κ2) is 5.05. The molecule has 2 aromatic rings. The Labute approximate surface area is 130 Å². The molecular weight excluding hydrogens is 338 g/mol. The van der Waals surface area contributed by atoms with E-state index in [0.717, 1.165) is 15.2 Å². The number of hydrogen-bond acceptors (Lipinski definition) is 5. The average molecular weight is 354 g/mol. The van der Waals surface area contributed by atoms with E-state index >= 15 is 0 Å². The minimum atomic E-state index is -1.10. The summed E-state index contributed by atoms with van der Waals surface area (Å²) in [5, 5.41) is 11.5. The molecule has 112 valence electrons. The van der Waals surface area contributed by atoms with Gasteiger partial charge < -0.3 is 25.1 Å². The lowest BCUT2D eigenvalue weighted by Gasteiger charge is -2.30. The van der Waals surface area contributed by atoms with Crippen LogP contribution < -0.4 is 19.9 Å². The van der Waals surface area contributed by atoms with Crippen LogP contribution in [0.5, 0.6) is 17.2 Å². The highest BCUT2D eigenvalue weighted by molar-refractivity contribution is 9.10. The third-order valence-electron chi connectivity index (χ3n) is 3.49. The highest BCUT2D eigenvalue weighted by Gasteiger charge is 2.29. The summed E-state index contributed by atoms with van der Waals surface area (Å²) >= 11 is 3.48. The minimum absolute atomic E-state index is 0.218. The molecule has 0 fully saturated rings. The lowest BCUT2D eigenvalue weighted by Crippen LogP contribution is -2.47. The van der Waals surface area contributed by atoms with E-state index in [9.17, 15) is 5.11 Å². The van der Waals surface area contributed by atoms with E-state index in [2.05, 4.69) is 15.9 Å². The second-order valence-electron chi connectivity index (χ2n) is 5.45. The van der Waals surface area contributed by atoms with Crippen LogP contribution in [0.3, 0.4) is 0 Å². The first-order valence-electron chi connectivity index (χ1n) is 6.53. The third-order valence-corrected chi connectivity index (χ3v) is 4.12. The molecule has 1 heterocycles. The first-order valence-corrected chi connectivity index (χ1v) is 7.32. The quantitative estimate of drug-likeness (QED) is 0.830. The highest BCUT2D eigenvalue weighted by atomic mass is 79.9. The summed E-state index contributed by atoms with van der Waals surface area (Å²) < 4.78 is 17.5. The van der Waals surface area contributed by atoms with Gasteiger partial charge in [-0.15, -0.1) is 0 Å². The van der Waals surface area contributed by atoms with E-state index in [-0.39, 0.29) is 6.79 Å². The molecule has 0 aliphatic carbocycles. The molecule has 5 nitrogen and oxygen atoms in total. The van der Waals surface area contributed by atoms with Gasteiger partial charge in [0.15, 0.2) is 11.5 Å². The molecule has 0 radical (unpaired) electrons. The molecule has 21 heavy (non-hydrogen) atoms. The minimum Gasteiger partial charge on any atom is -0.482 e. The van der Waals surface area contributed by atoms with Gasteiger partial charge in [-0.05, 0) is 53.4 Å². The van der Waals surface area contributed by atoms with Gasteiger partial charge in [0, 0.05) is 5.39 Å². The first-order chi connectivity index (χ1) is 9.88. The lowest BCUT2D eigenvalue weighted by atomic mass is 10.1. The smallest absolute Gasteiger partial charge is 0.231 e. The van der Waals surface area contributed by atoms with Crippen LogP contribution in [0.4, 0.5) is 0 Å². The molecule has 1 atom stereocenters. The number of halogens is 1. The maximum Gasteiger partial charge on any atom is 0.231 e. The van der Waals surface area contributed by atoms with E-state index in [1.165, 1.54) is 0 Å². The molecule has 0 spiro atoms. The molecular formula is C15H16BrNO4. The lowest BCUT2D eigenvalue weighted by molar-refractivity contribution is -0.0240. The van der Waals surface area contributed by atoms with Crippen LogP contribution in [-0.4, -0.2) is 23.7 Å². The Bertz CT molecular complexity index is 700. The van der Waals surface area contributed by atoms with E-state index < -0.39 is 11.8 Å². The number of benzene rings is 2. The summed E-state index contributed by atoms with van der Waals surface area (Å²) in [6.45, 7) is 3.68. The second-order valence-corrected chi connectivity index (χ2v) is 6.31. The van der Waals surface area contributed by atoms with Gasteiger partial charge in [0.1, 0.15) is 17.6 Å². The maximum atomic E-state index is 9.65. The summed E-state index contributed by atoms with van der Waals surface area (Å²) in [7, 11) is 0. The van der Waals surface area contributed by atoms with Gasteiger partial charge in [-0.25, -0.2) is 0 Å². The van der Waals surface area contributed by atoms with Crippen molar-refractivity contribution >= 4 is 26.7 Å². The van der Waals surface area contributed by atoms with Crippen LogP contribution >= 0.6 is 15.9 Å². The Morgan fingerprint density at radius 3 is 2.62 bits per heavy atom. The van der Waals surface area contributed by atoms with Crippen LogP contribution in [0.2, 0.25) is 0 Å². The number of nitrogens with two attached hydrogens (primary N) is 1. The zero-order chi connectivity index (χ0) is 15.2. The van der Waals surface area contributed by atoms with Crippen LogP contribution in [0.15, 0.2) is 28.7 Å². The molecule has 0 saturated carbocycles. The fourth-order valence-corrected chi connectivity index (χ4v) is 2.51. The van der Waals surface area contributed by atoms with Crippen LogP contribution in [0, 0.1) is 0 Å². The molecule has 0 saturated heterocycles. The predicted octanol–water partition coefficient (Wildman–Crippen LogP) is 2.77. The zero-order valence-electron chi connectivity index (χ0n) is 11.7. The number of fused-ring (bicyclic) bond motifs is 2. The molecule has 6 heteroatoms. The van der Waals surface area contributed by atoms with Gasteiger partial charge in [-0.3, -0.25) is 0 Å². The highest BCUT2D eigenvalue weighted by Crippen LogP contribution is 2.42. The van der Waals surface area contributed by atoms with Gasteiger partial charge >= 0.3 is 0 Å². The van der Waals surface area contributed by atoms with Crippen molar-refractivity contribution in [2.45, 2.75) is 25.7 Å². The van der Waals surface area contributed by atoms with E-state index in [0.29, 0.717) is 17.2 Å². The van der Waals surface area contributed by atoms with Crippen LogP contribution in [-0.2, 0) is 0 Å². The van der Waals surface area contributed by atoms with Crippen molar-refractivity contribution in [2.75, 3.05) is 6.79 Å². The number of rotatable bonds is 3. The maximum absolute atomic E-state index is 9.65. The van der Waals surface area contributed by atoms with Crippen molar-refractivity contribution in [1.82, 2.24) is 0 Å². The topological polar surface area (TPSA) is 73.9 Å². The molecule has 1 aliphatic rings. The molecule has 0 aromatic heterocycles. The van der Waals surface area contributed by atoms with Gasteiger partial charge in [-0.2, -0.15) is 0 Å². The summed E-state index contributed by atoms with van der Waals surface area (Å²) in [6, 6.07) is 7.62. The number of aliphatic hydroxyl groups excluding tert-OH is 1. The first kappa shape index (κ1) is 14.4. The summed E-state index contributed by atoms with van der Waals surface area (Å²) in [5.74, 6) is 2.01. The molecule has 1 unspecified atom stereocenters. The number of ether oxygens (including phenoxy) is 3. The van der Waals surface area contributed by atoms with Crippen molar-refractivity contribution < 1.29 is 19.3 Å². The summed E-state index contributed by atoms with van der Waals surface area (Å²) in [6.07, 6.45) is -1.10. The Morgan fingerprint density at radius 2 is 1.95 bits per heavy atom. The van der Waals surface area contributed by atoms with Gasteiger partial charge in [0.25, 0.3) is 0 Å². The van der Waals surface area contributed by atoms with Gasteiger partial charge in [0.2, 0.25) is 6.79 Å². The molecule has 3 N–H and O–H groups in total. The predicted molar refractivity (Wildman–Crippen MR) is 82.7 cm³/mol. The Kier molecular flexibility index (Phi) is 3.47. The Balaban J connectivity index is 2.15. The van der Waals surface area contributed by atoms with Crippen molar-refractivity contribution in [3.8, 4) is 17.2 Å². The van der Waals surface area contributed by atoms with Crippen molar-refractivity contribution in [1.29, 1.82) is 0 Å². The zero-order valence-corrected chi connectivity index (χ0v) is 13.3. The Morgan fingerprint density at radius 1 is 1.29 bits per heavy atom. The van der Waals surface area contributed by atoms with E-state index in [1.807, 2.05) is 24.3 Å². The van der Waals surface area contributed by atoms with Gasteiger partial charge in [0.05, 0.1) is 4.47 Å². The fourth-order valence-electron chi connectivity index (χ4n) is 2.09. The van der Waals surface area contributed by atoms with Crippen molar-refractivity contribution in [2.24, 2.45) is 5.73 Å². The van der Waals surface area contributed by atoms with E-state index in [1.54, 1.807) is 13.8 Å². The van der Waals surface area contributed by atoms with Crippen molar-refractivity contribution in [3.05, 3.63) is 28.7 Å². The van der Waals surface area contributed by atoms with Gasteiger partial charge in [-0.1, -0.05) is 6.07 Å². The third kappa shape index (κ3) is 2.54.